The van der Waals surface area contributed by atoms with E-state index in [-0.39, 0.29) is 16.9 Å². The number of rotatable bonds is 5. The van der Waals surface area contributed by atoms with Gasteiger partial charge in [0.25, 0.3) is 0 Å². The van der Waals surface area contributed by atoms with Crippen molar-refractivity contribution in [2.24, 2.45) is 0 Å². The number of carbonyl (C=O) groups excluding carboxylic acids is 1. The van der Waals surface area contributed by atoms with Crippen LogP contribution in [0.15, 0.2) is 48.5 Å². The molecule has 1 heterocycles. The van der Waals surface area contributed by atoms with Gasteiger partial charge in [-0.1, -0.05) is 36.4 Å². The molecule has 0 saturated carbocycles. The summed E-state index contributed by atoms with van der Waals surface area (Å²) in [7, 11) is 1.64. The predicted octanol–water partition coefficient (Wildman–Crippen LogP) is 4.83. The summed E-state index contributed by atoms with van der Waals surface area (Å²) in [6.07, 6.45) is 0. The Morgan fingerprint density at radius 2 is 1.93 bits per heavy atom. The van der Waals surface area contributed by atoms with Gasteiger partial charge in [-0.25, -0.2) is 4.79 Å². The molecule has 6 heteroatoms. The van der Waals surface area contributed by atoms with Crippen molar-refractivity contribution in [1.82, 2.24) is 10.2 Å². The molecule has 3 rings (SSSR count). The monoisotopic (exact) mass is 400 g/mol. The van der Waals surface area contributed by atoms with Crippen molar-refractivity contribution in [2.45, 2.75) is 38.3 Å². The van der Waals surface area contributed by atoms with Gasteiger partial charge in [0, 0.05) is 17.8 Å². The molecule has 2 aromatic carbocycles. The van der Waals surface area contributed by atoms with E-state index in [1.54, 1.807) is 18.9 Å². The van der Waals surface area contributed by atoms with E-state index >= 15 is 0 Å². The van der Waals surface area contributed by atoms with Crippen LogP contribution in [0.25, 0.3) is 0 Å². The third-order valence-corrected chi connectivity index (χ3v) is 5.60. The quantitative estimate of drug-likeness (QED) is 0.781. The van der Waals surface area contributed by atoms with Crippen LogP contribution in [-0.4, -0.2) is 35.9 Å². The largest absolute Gasteiger partial charge is 0.493 e. The van der Waals surface area contributed by atoms with E-state index in [1.165, 1.54) is 0 Å². The number of amides is 2. The van der Waals surface area contributed by atoms with E-state index in [0.29, 0.717) is 18.1 Å². The third kappa shape index (κ3) is 5.13. The number of thioether (sulfide) groups is 1. The second-order valence-electron chi connectivity index (χ2n) is 7.78. The maximum absolute atomic E-state index is 12.7. The van der Waals surface area contributed by atoms with Gasteiger partial charge in [-0.2, -0.15) is 0 Å². The van der Waals surface area contributed by atoms with Gasteiger partial charge in [0.2, 0.25) is 0 Å². The number of methoxy groups -OCH3 is 1. The maximum atomic E-state index is 12.7. The van der Waals surface area contributed by atoms with Gasteiger partial charge in [0.15, 0.2) is 11.5 Å². The minimum absolute atomic E-state index is 0.0283. The Balaban J connectivity index is 1.74. The molecule has 150 valence electrons. The van der Waals surface area contributed by atoms with E-state index in [0.717, 1.165) is 23.4 Å². The zero-order valence-corrected chi connectivity index (χ0v) is 17.7. The third-order valence-electron chi connectivity index (χ3n) is 4.34. The molecule has 2 aromatic rings. The Morgan fingerprint density at radius 3 is 2.61 bits per heavy atom. The topological polar surface area (TPSA) is 50.8 Å². The summed E-state index contributed by atoms with van der Waals surface area (Å²) in [5, 5.41) is 3.03. The molecule has 28 heavy (non-hydrogen) atoms. The van der Waals surface area contributed by atoms with Crippen LogP contribution in [0.4, 0.5) is 4.79 Å². The van der Waals surface area contributed by atoms with Crippen LogP contribution in [0.1, 0.15) is 37.3 Å². The minimum Gasteiger partial charge on any atom is -0.493 e. The average molecular weight is 401 g/mol. The Kier molecular flexibility index (Phi) is 6.39. The van der Waals surface area contributed by atoms with Crippen molar-refractivity contribution in [2.75, 3.05) is 19.4 Å². The zero-order valence-electron chi connectivity index (χ0n) is 16.9. The average Bonchev–Trinajstić information content (AvgIpc) is 3.16. The molecular formula is C22H28N2O3S. The molecule has 0 spiro atoms. The normalized spacial score (nSPS) is 16.7. The minimum atomic E-state index is -0.262. The van der Waals surface area contributed by atoms with Crippen molar-refractivity contribution in [1.29, 1.82) is 0 Å². The molecule has 1 unspecified atom stereocenters. The highest BCUT2D eigenvalue weighted by molar-refractivity contribution is 7.99. The van der Waals surface area contributed by atoms with Gasteiger partial charge >= 0.3 is 6.03 Å². The first-order valence-electron chi connectivity index (χ1n) is 9.42. The summed E-state index contributed by atoms with van der Waals surface area (Å²) in [4.78, 5) is 14.6. The molecule has 1 fully saturated rings. The zero-order chi connectivity index (χ0) is 20.1. The van der Waals surface area contributed by atoms with Crippen molar-refractivity contribution in [3.8, 4) is 11.5 Å². The Labute approximate surface area is 171 Å². The first kappa shape index (κ1) is 20.4. The first-order chi connectivity index (χ1) is 13.4. The molecule has 0 radical (unpaired) electrons. The van der Waals surface area contributed by atoms with Crippen molar-refractivity contribution >= 4 is 17.8 Å². The Hall–Kier alpha value is -2.34. The van der Waals surface area contributed by atoms with Crippen LogP contribution >= 0.6 is 11.8 Å². The molecule has 1 saturated heterocycles. The molecule has 0 bridgehead atoms. The highest BCUT2D eigenvalue weighted by atomic mass is 32.2. The predicted molar refractivity (Wildman–Crippen MR) is 114 cm³/mol. The van der Waals surface area contributed by atoms with Crippen LogP contribution in [0, 0.1) is 0 Å². The van der Waals surface area contributed by atoms with Crippen LogP contribution in [0.3, 0.4) is 0 Å². The van der Waals surface area contributed by atoms with E-state index in [1.807, 2.05) is 74.2 Å². The van der Waals surface area contributed by atoms with Gasteiger partial charge in [0.05, 0.1) is 7.11 Å². The molecule has 2 amide bonds. The van der Waals surface area contributed by atoms with Crippen LogP contribution in [0.2, 0.25) is 0 Å². The van der Waals surface area contributed by atoms with Crippen molar-refractivity contribution < 1.29 is 14.3 Å². The van der Waals surface area contributed by atoms with Gasteiger partial charge in [-0.05, 0) is 44.0 Å². The van der Waals surface area contributed by atoms with Crippen molar-refractivity contribution in [3.05, 3.63) is 59.7 Å². The molecule has 1 N–H and O–H groups in total. The maximum Gasteiger partial charge on any atom is 0.319 e. The fourth-order valence-electron chi connectivity index (χ4n) is 3.04. The number of urea groups is 1. The number of hydrogen-bond acceptors (Lipinski definition) is 4. The molecule has 1 aliphatic rings. The summed E-state index contributed by atoms with van der Waals surface area (Å²) >= 11 is 1.76. The SMILES string of the molecule is COc1cc(C2SCCN2C(=O)NC(C)(C)C)ccc1OCc1ccccc1. The molecule has 0 aliphatic carbocycles. The second-order valence-corrected chi connectivity index (χ2v) is 8.97. The first-order valence-corrected chi connectivity index (χ1v) is 10.5. The summed E-state index contributed by atoms with van der Waals surface area (Å²) < 4.78 is 11.5. The van der Waals surface area contributed by atoms with Gasteiger partial charge in [0.1, 0.15) is 12.0 Å². The molecular weight excluding hydrogens is 372 g/mol. The van der Waals surface area contributed by atoms with Crippen LogP contribution in [-0.2, 0) is 6.61 Å². The number of hydrogen-bond donors (Lipinski definition) is 1. The summed E-state index contributed by atoms with van der Waals surface area (Å²) in [6, 6.07) is 15.9. The highest BCUT2D eigenvalue weighted by Gasteiger charge is 2.32. The van der Waals surface area contributed by atoms with E-state index in [2.05, 4.69) is 5.32 Å². The van der Waals surface area contributed by atoms with Gasteiger partial charge in [-0.15, -0.1) is 11.8 Å². The summed E-state index contributed by atoms with van der Waals surface area (Å²) in [5.74, 6) is 2.29. The standard InChI is InChI=1S/C22H28N2O3S/c1-22(2,3)23-21(25)24-12-13-28-20(24)17-10-11-18(19(14-17)26-4)27-15-16-8-6-5-7-9-16/h5-11,14,20H,12-13,15H2,1-4H3,(H,23,25). The summed E-state index contributed by atoms with van der Waals surface area (Å²) in [6.45, 7) is 7.18. The Bertz CT molecular complexity index is 805. The lowest BCUT2D eigenvalue weighted by atomic mass is 10.1. The molecule has 0 aromatic heterocycles. The molecule has 1 aliphatic heterocycles. The number of benzene rings is 2. The Morgan fingerprint density at radius 1 is 1.18 bits per heavy atom. The number of nitrogens with zero attached hydrogens (tertiary/aromatic N) is 1. The molecule has 5 nitrogen and oxygen atoms in total. The number of nitrogens with one attached hydrogen (secondary N) is 1. The summed E-state index contributed by atoms with van der Waals surface area (Å²) in [5.41, 5.74) is 1.88. The van der Waals surface area contributed by atoms with E-state index in [9.17, 15) is 4.79 Å². The lowest BCUT2D eigenvalue weighted by Gasteiger charge is -2.29. The van der Waals surface area contributed by atoms with Crippen LogP contribution in [0.5, 0.6) is 11.5 Å². The van der Waals surface area contributed by atoms with E-state index in [4.69, 9.17) is 9.47 Å². The van der Waals surface area contributed by atoms with E-state index < -0.39 is 0 Å². The fourth-order valence-corrected chi connectivity index (χ4v) is 4.28. The van der Waals surface area contributed by atoms with Crippen LogP contribution < -0.4 is 14.8 Å². The van der Waals surface area contributed by atoms with Crippen molar-refractivity contribution in [3.63, 3.8) is 0 Å². The second kappa shape index (κ2) is 8.78. The lowest BCUT2D eigenvalue weighted by Crippen LogP contribution is -2.48. The smallest absolute Gasteiger partial charge is 0.319 e. The van der Waals surface area contributed by atoms with Gasteiger partial charge in [-0.3, -0.25) is 0 Å². The molecule has 1 atom stereocenters. The fraction of sp³-hybridized carbons (Fsp3) is 0.409. The number of carbonyl (C=O) groups is 1. The lowest BCUT2D eigenvalue weighted by molar-refractivity contribution is 0.191. The number of ether oxygens (including phenoxy) is 2. The highest BCUT2D eigenvalue weighted by Crippen LogP contribution is 2.41. The van der Waals surface area contributed by atoms with Gasteiger partial charge < -0.3 is 19.7 Å².